The van der Waals surface area contributed by atoms with Crippen molar-refractivity contribution in [2.45, 2.75) is 37.7 Å². The number of nitrogens with one attached hydrogen (secondary N) is 1. The number of halogens is 3. The maximum Gasteiger partial charge on any atom is 0.124 e. The third-order valence-corrected chi connectivity index (χ3v) is 3.45. The van der Waals surface area contributed by atoms with Gasteiger partial charge in [0.1, 0.15) is 5.82 Å². The predicted molar refractivity (Wildman–Crippen MR) is 73.4 cm³/mol. The highest BCUT2D eigenvalue weighted by Gasteiger charge is 2.07. The summed E-state index contributed by atoms with van der Waals surface area (Å²) in [6.07, 6.45) is 1.07. The fourth-order valence-corrected chi connectivity index (χ4v) is 2.57. The molecule has 1 aromatic carbocycles. The fourth-order valence-electron chi connectivity index (χ4n) is 1.52. The largest absolute Gasteiger partial charge is 0.310 e. The van der Waals surface area contributed by atoms with Crippen LogP contribution in [0.1, 0.15) is 25.8 Å². The Morgan fingerprint density at radius 2 is 2.06 bits per heavy atom. The summed E-state index contributed by atoms with van der Waals surface area (Å²) in [5, 5.41) is 3.41. The molecule has 16 heavy (non-hydrogen) atoms. The van der Waals surface area contributed by atoms with Crippen molar-refractivity contribution in [1.29, 1.82) is 0 Å². The van der Waals surface area contributed by atoms with E-state index < -0.39 is 0 Å². The van der Waals surface area contributed by atoms with E-state index in [0.717, 1.165) is 23.0 Å². The van der Waals surface area contributed by atoms with E-state index in [1.165, 1.54) is 12.1 Å². The van der Waals surface area contributed by atoms with Gasteiger partial charge < -0.3 is 5.32 Å². The molecule has 1 N–H and O–H groups in total. The summed E-state index contributed by atoms with van der Waals surface area (Å²) in [7, 11) is 0. The van der Waals surface area contributed by atoms with Gasteiger partial charge in [-0.05, 0) is 31.0 Å². The Bertz CT molecular complexity index is 342. The van der Waals surface area contributed by atoms with Crippen molar-refractivity contribution in [2.24, 2.45) is 0 Å². The molecule has 0 radical (unpaired) electrons. The average molecular weight is 353 g/mol. The molecular formula is C12H16Br2FN. The summed E-state index contributed by atoms with van der Waals surface area (Å²) in [6.45, 7) is 5.03. The van der Waals surface area contributed by atoms with Gasteiger partial charge in [-0.1, -0.05) is 44.8 Å². The van der Waals surface area contributed by atoms with Gasteiger partial charge in [-0.2, -0.15) is 0 Å². The zero-order valence-corrected chi connectivity index (χ0v) is 12.6. The molecule has 0 aliphatic rings. The molecule has 0 amide bonds. The van der Waals surface area contributed by atoms with Gasteiger partial charge in [0.05, 0.1) is 0 Å². The highest BCUT2D eigenvalue weighted by atomic mass is 79.9. The van der Waals surface area contributed by atoms with Gasteiger partial charge in [0.25, 0.3) is 0 Å². The SMILES string of the molecule is CC(Br)CC(C)NCc1ccc(F)cc1Br. The predicted octanol–water partition coefficient (Wildman–Crippen LogP) is 4.24. The Hall–Kier alpha value is 0.0700. The van der Waals surface area contributed by atoms with Crippen LogP contribution < -0.4 is 5.32 Å². The molecule has 0 aliphatic carbocycles. The van der Waals surface area contributed by atoms with Crippen molar-refractivity contribution in [3.05, 3.63) is 34.1 Å². The lowest BCUT2D eigenvalue weighted by Gasteiger charge is -2.15. The minimum Gasteiger partial charge on any atom is -0.310 e. The Labute approximate surface area is 113 Å². The first-order valence-electron chi connectivity index (χ1n) is 5.30. The fraction of sp³-hybridized carbons (Fsp3) is 0.500. The van der Waals surface area contributed by atoms with E-state index in [4.69, 9.17) is 0 Å². The van der Waals surface area contributed by atoms with Crippen LogP contribution >= 0.6 is 31.9 Å². The second kappa shape index (κ2) is 6.72. The Morgan fingerprint density at radius 1 is 1.38 bits per heavy atom. The van der Waals surface area contributed by atoms with Crippen LogP contribution in [0.5, 0.6) is 0 Å². The molecule has 0 bridgehead atoms. The third kappa shape index (κ3) is 4.93. The monoisotopic (exact) mass is 351 g/mol. The van der Waals surface area contributed by atoms with E-state index in [-0.39, 0.29) is 5.82 Å². The van der Waals surface area contributed by atoms with Gasteiger partial charge in [0.15, 0.2) is 0 Å². The molecule has 1 rings (SSSR count). The molecule has 0 saturated carbocycles. The van der Waals surface area contributed by atoms with Gasteiger partial charge in [0, 0.05) is 21.9 Å². The zero-order chi connectivity index (χ0) is 12.1. The average Bonchev–Trinajstić information content (AvgIpc) is 2.15. The van der Waals surface area contributed by atoms with Crippen LogP contribution in [0.3, 0.4) is 0 Å². The molecule has 2 unspecified atom stereocenters. The molecule has 0 spiro atoms. The molecule has 0 saturated heterocycles. The van der Waals surface area contributed by atoms with Crippen molar-refractivity contribution in [2.75, 3.05) is 0 Å². The molecule has 0 aromatic heterocycles. The van der Waals surface area contributed by atoms with Crippen molar-refractivity contribution >= 4 is 31.9 Å². The Morgan fingerprint density at radius 3 is 2.62 bits per heavy atom. The lowest BCUT2D eigenvalue weighted by atomic mass is 10.1. The van der Waals surface area contributed by atoms with Crippen molar-refractivity contribution in [3.8, 4) is 0 Å². The van der Waals surface area contributed by atoms with Crippen molar-refractivity contribution in [3.63, 3.8) is 0 Å². The zero-order valence-electron chi connectivity index (χ0n) is 9.43. The standard InChI is InChI=1S/C12H16Br2FN/c1-8(13)5-9(2)16-7-10-3-4-11(15)6-12(10)14/h3-4,6,8-9,16H,5,7H2,1-2H3. The second-order valence-electron chi connectivity index (χ2n) is 4.03. The van der Waals surface area contributed by atoms with E-state index in [1.807, 2.05) is 0 Å². The van der Waals surface area contributed by atoms with Gasteiger partial charge in [-0.15, -0.1) is 0 Å². The van der Waals surface area contributed by atoms with Crippen LogP contribution in [0.15, 0.2) is 22.7 Å². The molecule has 90 valence electrons. The summed E-state index contributed by atoms with van der Waals surface area (Å²) in [5.41, 5.74) is 1.08. The normalized spacial score (nSPS) is 14.8. The summed E-state index contributed by atoms with van der Waals surface area (Å²) >= 11 is 6.89. The molecule has 0 aliphatic heterocycles. The first-order chi connectivity index (χ1) is 7.49. The molecule has 1 nitrogen and oxygen atoms in total. The van der Waals surface area contributed by atoms with Crippen LogP contribution in [-0.2, 0) is 6.54 Å². The molecule has 0 heterocycles. The lowest BCUT2D eigenvalue weighted by molar-refractivity contribution is 0.514. The van der Waals surface area contributed by atoms with Gasteiger partial charge in [0.2, 0.25) is 0 Å². The van der Waals surface area contributed by atoms with E-state index in [0.29, 0.717) is 10.9 Å². The number of alkyl halides is 1. The second-order valence-corrected chi connectivity index (χ2v) is 6.45. The first-order valence-corrected chi connectivity index (χ1v) is 7.01. The summed E-state index contributed by atoms with van der Waals surface area (Å²) in [5.74, 6) is -0.210. The minimum atomic E-state index is -0.210. The minimum absolute atomic E-state index is 0.210. The van der Waals surface area contributed by atoms with E-state index in [2.05, 4.69) is 51.0 Å². The summed E-state index contributed by atoms with van der Waals surface area (Å²) in [6, 6.07) is 5.22. The van der Waals surface area contributed by atoms with E-state index in [9.17, 15) is 4.39 Å². The Kier molecular flexibility index (Phi) is 5.94. The third-order valence-electron chi connectivity index (χ3n) is 2.33. The highest BCUT2D eigenvalue weighted by molar-refractivity contribution is 9.10. The molecule has 4 heteroatoms. The van der Waals surface area contributed by atoms with E-state index in [1.54, 1.807) is 6.07 Å². The topological polar surface area (TPSA) is 12.0 Å². The Balaban J connectivity index is 2.48. The van der Waals surface area contributed by atoms with Crippen molar-refractivity contribution < 1.29 is 4.39 Å². The van der Waals surface area contributed by atoms with Crippen LogP contribution in [0.2, 0.25) is 0 Å². The molecule has 1 aromatic rings. The maximum atomic E-state index is 12.9. The highest BCUT2D eigenvalue weighted by Crippen LogP contribution is 2.18. The van der Waals surface area contributed by atoms with Crippen LogP contribution in [-0.4, -0.2) is 10.9 Å². The first kappa shape index (κ1) is 14.1. The lowest BCUT2D eigenvalue weighted by Crippen LogP contribution is -2.27. The van der Waals surface area contributed by atoms with Crippen LogP contribution in [0.4, 0.5) is 4.39 Å². The molecular weight excluding hydrogens is 337 g/mol. The van der Waals surface area contributed by atoms with E-state index >= 15 is 0 Å². The van der Waals surface area contributed by atoms with Gasteiger partial charge in [-0.3, -0.25) is 0 Å². The molecule has 0 fully saturated rings. The van der Waals surface area contributed by atoms with Crippen LogP contribution in [0.25, 0.3) is 0 Å². The number of benzene rings is 1. The number of rotatable bonds is 5. The summed E-state index contributed by atoms with van der Waals surface area (Å²) < 4.78 is 13.7. The number of hydrogen-bond donors (Lipinski definition) is 1. The maximum absolute atomic E-state index is 12.9. The van der Waals surface area contributed by atoms with Crippen molar-refractivity contribution in [1.82, 2.24) is 5.32 Å². The summed E-state index contributed by atoms with van der Waals surface area (Å²) in [4.78, 5) is 0.506. The smallest absolute Gasteiger partial charge is 0.124 e. The van der Waals surface area contributed by atoms with Gasteiger partial charge >= 0.3 is 0 Å². The van der Waals surface area contributed by atoms with Gasteiger partial charge in [-0.25, -0.2) is 4.39 Å². The quantitative estimate of drug-likeness (QED) is 0.781. The van der Waals surface area contributed by atoms with Crippen LogP contribution in [0, 0.1) is 5.82 Å². The molecule has 2 atom stereocenters. The number of hydrogen-bond acceptors (Lipinski definition) is 1.